The molecule has 1 aliphatic rings. The van der Waals surface area contributed by atoms with E-state index in [1.54, 1.807) is 31.4 Å². The summed E-state index contributed by atoms with van der Waals surface area (Å²) in [4.78, 5) is 22.3. The quantitative estimate of drug-likeness (QED) is 0.644. The van der Waals surface area contributed by atoms with E-state index >= 15 is 0 Å². The van der Waals surface area contributed by atoms with E-state index in [1.165, 1.54) is 0 Å². The molecule has 88 valence electrons. The van der Waals surface area contributed by atoms with Crippen LogP contribution in [0.4, 0.5) is 4.79 Å². The predicted molar refractivity (Wildman–Crippen MR) is 65.3 cm³/mol. The van der Waals surface area contributed by atoms with Gasteiger partial charge in [-0.3, -0.25) is 10.1 Å². The summed E-state index contributed by atoms with van der Waals surface area (Å²) in [6.45, 7) is 0. The SMILES string of the molecule is COc1ccc(Br)c(/C=C2\NC(=O)NC2=O)c1. The third kappa shape index (κ3) is 2.47. The number of nitrogens with one attached hydrogen (secondary N) is 2. The Bertz CT molecular complexity index is 525. The fourth-order valence-electron chi connectivity index (χ4n) is 1.40. The van der Waals surface area contributed by atoms with E-state index in [-0.39, 0.29) is 5.70 Å². The average Bonchev–Trinajstić information content (AvgIpc) is 2.60. The van der Waals surface area contributed by atoms with Gasteiger partial charge in [0, 0.05) is 4.47 Å². The molecule has 1 heterocycles. The van der Waals surface area contributed by atoms with Gasteiger partial charge in [-0.25, -0.2) is 4.79 Å². The molecule has 1 aromatic rings. The molecule has 0 spiro atoms. The van der Waals surface area contributed by atoms with Crippen LogP contribution in [-0.2, 0) is 4.79 Å². The highest BCUT2D eigenvalue weighted by Gasteiger charge is 2.22. The lowest BCUT2D eigenvalue weighted by atomic mass is 10.2. The van der Waals surface area contributed by atoms with Crippen molar-refractivity contribution in [2.24, 2.45) is 0 Å². The molecule has 1 aromatic carbocycles. The van der Waals surface area contributed by atoms with Crippen LogP contribution in [0.2, 0.25) is 0 Å². The lowest BCUT2D eigenvalue weighted by Crippen LogP contribution is -2.22. The maximum Gasteiger partial charge on any atom is 0.326 e. The van der Waals surface area contributed by atoms with Gasteiger partial charge in [-0.15, -0.1) is 0 Å². The van der Waals surface area contributed by atoms with Gasteiger partial charge in [-0.2, -0.15) is 0 Å². The zero-order valence-electron chi connectivity index (χ0n) is 8.91. The van der Waals surface area contributed by atoms with E-state index in [2.05, 4.69) is 26.6 Å². The molecule has 0 radical (unpaired) electrons. The Morgan fingerprint density at radius 3 is 2.65 bits per heavy atom. The van der Waals surface area contributed by atoms with Crippen molar-refractivity contribution in [1.29, 1.82) is 0 Å². The molecule has 0 atom stereocenters. The first-order chi connectivity index (χ1) is 8.10. The van der Waals surface area contributed by atoms with Crippen molar-refractivity contribution in [2.45, 2.75) is 0 Å². The minimum atomic E-state index is -0.514. The molecule has 5 nitrogen and oxygen atoms in total. The van der Waals surface area contributed by atoms with Gasteiger partial charge in [0.1, 0.15) is 11.4 Å². The Labute approximate surface area is 106 Å². The molecule has 1 fully saturated rings. The number of ether oxygens (including phenoxy) is 1. The summed E-state index contributed by atoms with van der Waals surface area (Å²) in [6, 6.07) is 4.84. The number of imide groups is 1. The summed E-state index contributed by atoms with van der Waals surface area (Å²) in [5.74, 6) is 0.231. The molecule has 3 amide bonds. The number of methoxy groups -OCH3 is 1. The number of carbonyl (C=O) groups is 2. The number of rotatable bonds is 2. The first-order valence-electron chi connectivity index (χ1n) is 4.77. The number of amides is 3. The molecule has 0 bridgehead atoms. The Balaban J connectivity index is 2.38. The normalized spacial score (nSPS) is 16.9. The van der Waals surface area contributed by atoms with Gasteiger partial charge in [-0.05, 0) is 29.8 Å². The fraction of sp³-hybridized carbons (Fsp3) is 0.0909. The highest BCUT2D eigenvalue weighted by atomic mass is 79.9. The fourth-order valence-corrected chi connectivity index (χ4v) is 1.76. The summed E-state index contributed by atoms with van der Waals surface area (Å²) in [6.07, 6.45) is 1.58. The van der Waals surface area contributed by atoms with Crippen molar-refractivity contribution < 1.29 is 14.3 Å². The number of halogens is 1. The van der Waals surface area contributed by atoms with Crippen molar-refractivity contribution >= 4 is 33.9 Å². The van der Waals surface area contributed by atoms with Gasteiger partial charge in [0.2, 0.25) is 0 Å². The van der Waals surface area contributed by atoms with Crippen molar-refractivity contribution in [3.8, 4) is 5.75 Å². The summed E-state index contributed by atoms with van der Waals surface area (Å²) in [7, 11) is 1.56. The molecule has 0 aromatic heterocycles. The van der Waals surface area contributed by atoms with Crippen LogP contribution in [0.15, 0.2) is 28.4 Å². The highest BCUT2D eigenvalue weighted by molar-refractivity contribution is 9.10. The van der Waals surface area contributed by atoms with Gasteiger partial charge in [0.15, 0.2) is 0 Å². The number of benzene rings is 1. The molecule has 0 unspecified atom stereocenters. The van der Waals surface area contributed by atoms with E-state index in [0.717, 1.165) is 10.0 Å². The van der Waals surface area contributed by atoms with Gasteiger partial charge >= 0.3 is 6.03 Å². The topological polar surface area (TPSA) is 67.4 Å². The minimum Gasteiger partial charge on any atom is -0.497 e. The van der Waals surface area contributed by atoms with Crippen LogP contribution >= 0.6 is 15.9 Å². The Kier molecular flexibility index (Phi) is 3.14. The smallest absolute Gasteiger partial charge is 0.326 e. The Morgan fingerprint density at radius 2 is 2.06 bits per heavy atom. The maximum absolute atomic E-state index is 11.3. The molecule has 1 saturated heterocycles. The van der Waals surface area contributed by atoms with E-state index in [9.17, 15) is 9.59 Å². The first kappa shape index (κ1) is 11.7. The number of hydrogen-bond acceptors (Lipinski definition) is 3. The van der Waals surface area contributed by atoms with E-state index in [4.69, 9.17) is 4.74 Å². The average molecular weight is 297 g/mol. The minimum absolute atomic E-state index is 0.212. The maximum atomic E-state index is 11.3. The molecule has 0 aliphatic carbocycles. The Morgan fingerprint density at radius 1 is 1.29 bits per heavy atom. The second-order valence-corrected chi connectivity index (χ2v) is 4.21. The lowest BCUT2D eigenvalue weighted by molar-refractivity contribution is -0.115. The zero-order valence-corrected chi connectivity index (χ0v) is 10.5. The van der Waals surface area contributed by atoms with Crippen molar-refractivity contribution in [3.05, 3.63) is 33.9 Å². The Hall–Kier alpha value is -1.82. The zero-order chi connectivity index (χ0) is 12.4. The molecule has 6 heteroatoms. The van der Waals surface area contributed by atoms with Gasteiger partial charge in [-0.1, -0.05) is 15.9 Å². The van der Waals surface area contributed by atoms with Crippen molar-refractivity contribution in [3.63, 3.8) is 0 Å². The predicted octanol–water partition coefficient (Wildman–Crippen LogP) is 1.64. The van der Waals surface area contributed by atoms with Crippen molar-refractivity contribution in [2.75, 3.05) is 7.11 Å². The van der Waals surface area contributed by atoms with Crippen LogP contribution in [0.5, 0.6) is 5.75 Å². The molecule has 0 saturated carbocycles. The molecule has 1 aliphatic heterocycles. The van der Waals surface area contributed by atoms with Gasteiger partial charge in [0.25, 0.3) is 5.91 Å². The monoisotopic (exact) mass is 296 g/mol. The third-order valence-electron chi connectivity index (χ3n) is 2.22. The number of hydrogen-bond donors (Lipinski definition) is 2. The second-order valence-electron chi connectivity index (χ2n) is 3.35. The van der Waals surface area contributed by atoms with Crippen LogP contribution in [-0.4, -0.2) is 19.0 Å². The van der Waals surface area contributed by atoms with Gasteiger partial charge in [0.05, 0.1) is 7.11 Å². The molecule has 17 heavy (non-hydrogen) atoms. The number of carbonyl (C=O) groups excluding carboxylic acids is 2. The summed E-state index contributed by atoms with van der Waals surface area (Å²) in [5, 5.41) is 4.55. The second kappa shape index (κ2) is 4.58. The largest absolute Gasteiger partial charge is 0.497 e. The van der Waals surface area contributed by atoms with Crippen LogP contribution in [0.25, 0.3) is 6.08 Å². The van der Waals surface area contributed by atoms with Crippen LogP contribution in [0.3, 0.4) is 0 Å². The van der Waals surface area contributed by atoms with Gasteiger partial charge < -0.3 is 10.1 Å². The van der Waals surface area contributed by atoms with E-state index in [0.29, 0.717) is 5.75 Å². The lowest BCUT2D eigenvalue weighted by Gasteiger charge is -2.04. The third-order valence-corrected chi connectivity index (χ3v) is 2.95. The summed E-state index contributed by atoms with van der Waals surface area (Å²) >= 11 is 3.36. The molecular formula is C11H9BrN2O3. The molecule has 2 N–H and O–H groups in total. The summed E-state index contributed by atoms with van der Waals surface area (Å²) in [5.41, 5.74) is 0.959. The van der Waals surface area contributed by atoms with Crippen LogP contribution < -0.4 is 15.4 Å². The van der Waals surface area contributed by atoms with E-state index in [1.807, 2.05) is 0 Å². The molecule has 2 rings (SSSR count). The molecular weight excluding hydrogens is 288 g/mol. The highest BCUT2D eigenvalue weighted by Crippen LogP contribution is 2.24. The van der Waals surface area contributed by atoms with Crippen LogP contribution in [0.1, 0.15) is 5.56 Å². The summed E-state index contributed by atoms with van der Waals surface area (Å²) < 4.78 is 5.89. The van der Waals surface area contributed by atoms with E-state index < -0.39 is 11.9 Å². The standard InChI is InChI=1S/C11H9BrN2O3/c1-17-7-2-3-8(12)6(4-7)5-9-10(15)14-11(16)13-9/h2-5H,1H3,(H2,13,14,15,16)/b9-5-. The number of urea groups is 1. The first-order valence-corrected chi connectivity index (χ1v) is 5.57. The van der Waals surface area contributed by atoms with Crippen molar-refractivity contribution in [1.82, 2.24) is 10.6 Å². The van der Waals surface area contributed by atoms with Crippen LogP contribution in [0, 0.1) is 0 Å².